The van der Waals surface area contributed by atoms with Crippen LogP contribution in [0.25, 0.3) is 21.3 Å². The van der Waals surface area contributed by atoms with Gasteiger partial charge >= 0.3 is 5.97 Å². The van der Waals surface area contributed by atoms with E-state index < -0.39 is 5.97 Å². The molecule has 5 nitrogen and oxygen atoms in total. The maximum atomic E-state index is 13.2. The molecule has 0 atom stereocenters. The van der Waals surface area contributed by atoms with Gasteiger partial charge in [-0.25, -0.2) is 4.98 Å². The van der Waals surface area contributed by atoms with E-state index in [9.17, 15) is 9.59 Å². The number of nitrogens with zero attached hydrogens (tertiary/aromatic N) is 2. The van der Waals surface area contributed by atoms with E-state index in [0.717, 1.165) is 28.8 Å². The number of hydrogen-bond donors (Lipinski definition) is 0. The molecule has 2 aromatic heterocycles. The molecular weight excluding hydrogens is 372 g/mol. The van der Waals surface area contributed by atoms with Gasteiger partial charge in [0.05, 0.1) is 17.8 Å². The first-order valence-corrected chi connectivity index (χ1v) is 10.6. The summed E-state index contributed by atoms with van der Waals surface area (Å²) in [6.45, 7) is 5.48. The normalized spacial score (nSPS) is 13.7. The van der Waals surface area contributed by atoms with Gasteiger partial charge in [0.15, 0.2) is 0 Å². The van der Waals surface area contributed by atoms with Crippen LogP contribution in [0.3, 0.4) is 0 Å². The van der Waals surface area contributed by atoms with Gasteiger partial charge in [0.25, 0.3) is 5.56 Å². The first kappa shape index (κ1) is 18.9. The van der Waals surface area contributed by atoms with Gasteiger partial charge in [0, 0.05) is 10.4 Å². The van der Waals surface area contributed by atoms with E-state index in [4.69, 9.17) is 4.74 Å². The Morgan fingerprint density at radius 2 is 2.00 bits per heavy atom. The van der Waals surface area contributed by atoms with Gasteiger partial charge in [-0.15, -0.1) is 11.3 Å². The van der Waals surface area contributed by atoms with Crippen LogP contribution in [0.4, 0.5) is 0 Å². The minimum Gasteiger partial charge on any atom is -0.462 e. The van der Waals surface area contributed by atoms with Crippen LogP contribution < -0.4 is 5.56 Å². The van der Waals surface area contributed by atoms with Crippen LogP contribution in [0.2, 0.25) is 0 Å². The lowest BCUT2D eigenvalue weighted by Crippen LogP contribution is -2.26. The number of aromatic nitrogens is 2. The average Bonchev–Trinajstić information content (AvgIpc) is 3.00. The van der Waals surface area contributed by atoms with Gasteiger partial charge in [-0.2, -0.15) is 0 Å². The van der Waals surface area contributed by atoms with E-state index in [1.807, 2.05) is 6.92 Å². The maximum absolute atomic E-state index is 13.2. The molecule has 1 aliphatic carbocycles. The van der Waals surface area contributed by atoms with Crippen LogP contribution in [0.1, 0.15) is 42.7 Å². The Bertz CT molecular complexity index is 1110. The van der Waals surface area contributed by atoms with E-state index in [2.05, 4.69) is 23.2 Å². The second-order valence-electron chi connectivity index (χ2n) is 7.62. The van der Waals surface area contributed by atoms with Crippen molar-refractivity contribution >= 4 is 27.5 Å². The van der Waals surface area contributed by atoms with Gasteiger partial charge in [0.1, 0.15) is 11.4 Å². The minimum atomic E-state index is -0.430. The predicted octanol–water partition coefficient (Wildman–Crippen LogP) is 4.26. The molecule has 0 radical (unpaired) electrons. The van der Waals surface area contributed by atoms with Crippen molar-refractivity contribution in [3.8, 4) is 11.1 Å². The number of thiophene rings is 1. The molecule has 1 aromatic carbocycles. The fourth-order valence-electron chi connectivity index (χ4n) is 3.93. The lowest BCUT2D eigenvalue weighted by molar-refractivity contribution is -0.148. The summed E-state index contributed by atoms with van der Waals surface area (Å²) >= 11 is 1.52. The highest BCUT2D eigenvalue weighted by Crippen LogP contribution is 2.37. The molecule has 4 rings (SSSR count). The summed E-state index contributed by atoms with van der Waals surface area (Å²) < 4.78 is 6.53. The first-order chi connectivity index (χ1) is 13.4. The average molecular weight is 397 g/mol. The zero-order chi connectivity index (χ0) is 19.8. The van der Waals surface area contributed by atoms with E-state index >= 15 is 0 Å². The van der Waals surface area contributed by atoms with Crippen LogP contribution in [-0.2, 0) is 28.9 Å². The van der Waals surface area contributed by atoms with E-state index in [1.165, 1.54) is 46.2 Å². The molecule has 0 fully saturated rings. The van der Waals surface area contributed by atoms with Crippen LogP contribution >= 0.6 is 11.3 Å². The third-order valence-corrected chi connectivity index (χ3v) is 6.17. The summed E-state index contributed by atoms with van der Waals surface area (Å²) in [6.07, 6.45) is 5.91. The number of benzene rings is 1. The molecule has 146 valence electrons. The Balaban J connectivity index is 1.81. The fourth-order valence-corrected chi connectivity index (χ4v) is 4.93. The standard InChI is InChI=1S/C22H24N2O3S/c1-13(2)27-18(25)11-24-12-23-21-20(22(24)26)19(14(3)28-21)17-9-8-15-6-4-5-7-16(15)10-17/h8-10,12-13H,4-7,11H2,1-3H3. The smallest absolute Gasteiger partial charge is 0.326 e. The number of fused-ring (bicyclic) bond motifs is 2. The van der Waals surface area contributed by atoms with Crippen molar-refractivity contribution in [2.75, 3.05) is 0 Å². The zero-order valence-corrected chi connectivity index (χ0v) is 17.3. The molecule has 3 aromatic rings. The van der Waals surface area contributed by atoms with Crippen LogP contribution in [0, 0.1) is 6.92 Å². The third-order valence-electron chi connectivity index (χ3n) is 5.16. The molecule has 0 spiro atoms. The van der Waals surface area contributed by atoms with Gasteiger partial charge in [0.2, 0.25) is 0 Å². The molecule has 0 saturated heterocycles. The summed E-state index contributed by atoms with van der Waals surface area (Å²) in [6, 6.07) is 6.54. The van der Waals surface area contributed by atoms with Crippen molar-refractivity contribution in [2.45, 2.75) is 59.1 Å². The number of rotatable bonds is 4. The SMILES string of the molecule is Cc1sc2ncn(CC(=O)OC(C)C)c(=O)c2c1-c1ccc2c(c1)CCCC2. The Morgan fingerprint density at radius 3 is 2.75 bits per heavy atom. The molecule has 0 N–H and O–H groups in total. The number of carbonyl (C=O) groups excluding carboxylic acids is 1. The lowest BCUT2D eigenvalue weighted by Gasteiger charge is -2.16. The molecule has 0 amide bonds. The summed E-state index contributed by atoms with van der Waals surface area (Å²) in [5.74, 6) is -0.430. The number of esters is 1. The second kappa shape index (κ2) is 7.51. The topological polar surface area (TPSA) is 61.2 Å². The number of hydrogen-bond acceptors (Lipinski definition) is 5. The van der Waals surface area contributed by atoms with E-state index in [1.54, 1.807) is 13.8 Å². The summed E-state index contributed by atoms with van der Waals surface area (Å²) in [4.78, 5) is 31.4. The third kappa shape index (κ3) is 3.49. The lowest BCUT2D eigenvalue weighted by atomic mass is 9.89. The van der Waals surface area contributed by atoms with Crippen molar-refractivity contribution in [3.63, 3.8) is 0 Å². The Hall–Kier alpha value is -2.47. The molecule has 0 bridgehead atoms. The highest BCUT2D eigenvalue weighted by molar-refractivity contribution is 7.19. The quantitative estimate of drug-likeness (QED) is 0.618. The van der Waals surface area contributed by atoms with Gasteiger partial charge in [-0.1, -0.05) is 18.2 Å². The molecule has 0 saturated carbocycles. The Kier molecular flexibility index (Phi) is 5.06. The van der Waals surface area contributed by atoms with Crippen molar-refractivity contribution in [2.24, 2.45) is 0 Å². The van der Waals surface area contributed by atoms with E-state index in [0.29, 0.717) is 10.2 Å². The minimum absolute atomic E-state index is 0.127. The van der Waals surface area contributed by atoms with Crippen LogP contribution in [0.15, 0.2) is 29.3 Å². The van der Waals surface area contributed by atoms with Gasteiger partial charge in [-0.05, 0) is 63.1 Å². The number of aryl methyl sites for hydroxylation is 3. The zero-order valence-electron chi connectivity index (χ0n) is 16.4. The summed E-state index contributed by atoms with van der Waals surface area (Å²) in [5, 5.41) is 0.595. The maximum Gasteiger partial charge on any atom is 0.326 e. The number of ether oxygens (including phenoxy) is 1. The molecule has 2 heterocycles. The van der Waals surface area contributed by atoms with Gasteiger partial charge in [-0.3, -0.25) is 14.2 Å². The highest BCUT2D eigenvalue weighted by atomic mass is 32.1. The molecule has 0 aliphatic heterocycles. The van der Waals surface area contributed by atoms with Crippen molar-refractivity contribution in [1.29, 1.82) is 0 Å². The number of carbonyl (C=O) groups is 1. The Morgan fingerprint density at radius 1 is 1.25 bits per heavy atom. The largest absolute Gasteiger partial charge is 0.462 e. The highest BCUT2D eigenvalue weighted by Gasteiger charge is 2.19. The molecule has 1 aliphatic rings. The van der Waals surface area contributed by atoms with Crippen molar-refractivity contribution in [1.82, 2.24) is 9.55 Å². The fraction of sp³-hybridized carbons (Fsp3) is 0.409. The van der Waals surface area contributed by atoms with Gasteiger partial charge < -0.3 is 4.74 Å². The molecule has 28 heavy (non-hydrogen) atoms. The Labute approximate surface area is 168 Å². The van der Waals surface area contributed by atoms with Crippen molar-refractivity contribution < 1.29 is 9.53 Å². The van der Waals surface area contributed by atoms with Crippen LogP contribution in [-0.4, -0.2) is 21.6 Å². The summed E-state index contributed by atoms with van der Waals surface area (Å²) in [5.41, 5.74) is 4.61. The second-order valence-corrected chi connectivity index (χ2v) is 8.82. The monoisotopic (exact) mass is 396 g/mol. The van der Waals surface area contributed by atoms with E-state index in [-0.39, 0.29) is 18.2 Å². The van der Waals surface area contributed by atoms with Crippen molar-refractivity contribution in [3.05, 3.63) is 50.9 Å². The molecule has 6 heteroatoms. The van der Waals surface area contributed by atoms with Crippen LogP contribution in [0.5, 0.6) is 0 Å². The predicted molar refractivity (Wildman–Crippen MR) is 112 cm³/mol. The summed E-state index contributed by atoms with van der Waals surface area (Å²) in [7, 11) is 0. The molecular formula is C22H24N2O3S. The first-order valence-electron chi connectivity index (χ1n) is 9.74. The molecule has 0 unspecified atom stereocenters.